The summed E-state index contributed by atoms with van der Waals surface area (Å²) in [5.74, 6) is -1.06. The minimum atomic E-state index is -0.437. The van der Waals surface area contributed by atoms with E-state index in [9.17, 15) is 14.4 Å². The second-order valence-electron chi connectivity index (χ2n) is 8.41. The van der Waals surface area contributed by atoms with Crippen molar-refractivity contribution in [2.45, 2.75) is 40.0 Å². The molecule has 0 spiro atoms. The molecule has 4 N–H and O–H groups in total. The molecule has 2 aromatic carbocycles. The van der Waals surface area contributed by atoms with Crippen LogP contribution in [-0.2, 0) is 10.2 Å². The van der Waals surface area contributed by atoms with E-state index in [1.807, 2.05) is 12.1 Å². The average molecular weight is 441 g/mol. The van der Waals surface area contributed by atoms with E-state index < -0.39 is 5.91 Å². The zero-order valence-electron chi connectivity index (χ0n) is 18.3. The highest BCUT2D eigenvalue weighted by molar-refractivity contribution is 7.80. The highest BCUT2D eigenvalue weighted by Crippen LogP contribution is 2.22. The fourth-order valence-corrected chi connectivity index (χ4v) is 2.65. The largest absolute Gasteiger partial charge is 0.326 e. The molecule has 0 saturated carbocycles. The number of hydrazine groups is 1. The fraction of sp³-hybridized carbons (Fsp3) is 0.304. The van der Waals surface area contributed by atoms with Gasteiger partial charge in [-0.2, -0.15) is 0 Å². The minimum Gasteiger partial charge on any atom is -0.326 e. The lowest BCUT2D eigenvalue weighted by molar-refractivity contribution is -0.118. The van der Waals surface area contributed by atoms with Gasteiger partial charge < -0.3 is 5.32 Å². The van der Waals surface area contributed by atoms with Gasteiger partial charge in [-0.05, 0) is 59.6 Å². The first-order valence-corrected chi connectivity index (χ1v) is 10.3. The number of amides is 3. The maximum absolute atomic E-state index is 12.3. The SMILES string of the molecule is CC(C)C(=O)Nc1ccc(C(=O)NNC(=S)NC(=O)c2ccc(C(C)(C)C)cc2)cc1. The Balaban J connectivity index is 1.85. The van der Waals surface area contributed by atoms with Crippen molar-refractivity contribution in [2.75, 3.05) is 5.32 Å². The summed E-state index contributed by atoms with van der Waals surface area (Å²) in [6.07, 6.45) is 0. The molecule has 0 aromatic heterocycles. The Bertz CT molecular complexity index is 962. The smallest absolute Gasteiger partial charge is 0.269 e. The monoisotopic (exact) mass is 440 g/mol. The van der Waals surface area contributed by atoms with Crippen molar-refractivity contribution >= 4 is 40.7 Å². The number of thiocarbonyl (C=S) groups is 1. The standard InChI is InChI=1S/C23H28N4O3S/c1-14(2)19(28)24-18-12-8-16(9-13-18)21(30)26-27-22(31)25-20(29)15-6-10-17(11-7-15)23(3,4)5/h6-14H,1-5H3,(H,24,28)(H,26,30)(H2,25,27,29,31). The van der Waals surface area contributed by atoms with Gasteiger partial charge in [-0.1, -0.05) is 46.8 Å². The molecular formula is C23H28N4O3S. The molecule has 2 rings (SSSR count). The zero-order chi connectivity index (χ0) is 23.2. The number of hydrogen-bond donors (Lipinski definition) is 4. The van der Waals surface area contributed by atoms with Gasteiger partial charge in [0.2, 0.25) is 5.91 Å². The van der Waals surface area contributed by atoms with Crippen LogP contribution in [-0.4, -0.2) is 22.8 Å². The van der Waals surface area contributed by atoms with Crippen LogP contribution in [0.25, 0.3) is 0 Å². The summed E-state index contributed by atoms with van der Waals surface area (Å²) in [5, 5.41) is 5.24. The lowest BCUT2D eigenvalue weighted by Gasteiger charge is -2.19. The quantitative estimate of drug-likeness (QED) is 0.431. The van der Waals surface area contributed by atoms with Gasteiger partial charge in [-0.3, -0.25) is 30.6 Å². The van der Waals surface area contributed by atoms with E-state index in [1.54, 1.807) is 50.2 Å². The molecule has 31 heavy (non-hydrogen) atoms. The molecule has 0 saturated heterocycles. The first kappa shape index (κ1) is 24.0. The summed E-state index contributed by atoms with van der Waals surface area (Å²) >= 11 is 5.07. The van der Waals surface area contributed by atoms with Gasteiger partial charge in [0.1, 0.15) is 0 Å². The van der Waals surface area contributed by atoms with E-state index >= 15 is 0 Å². The molecule has 2 aromatic rings. The van der Waals surface area contributed by atoms with E-state index in [0.717, 1.165) is 5.56 Å². The number of hydrogen-bond acceptors (Lipinski definition) is 4. The highest BCUT2D eigenvalue weighted by Gasteiger charge is 2.15. The van der Waals surface area contributed by atoms with Crippen molar-refractivity contribution in [2.24, 2.45) is 5.92 Å². The molecular weight excluding hydrogens is 412 g/mol. The minimum absolute atomic E-state index is 0.00559. The van der Waals surface area contributed by atoms with Crippen molar-refractivity contribution in [3.8, 4) is 0 Å². The maximum atomic E-state index is 12.3. The summed E-state index contributed by atoms with van der Waals surface area (Å²) in [6.45, 7) is 9.88. The number of carbonyl (C=O) groups excluding carboxylic acids is 3. The molecule has 0 bridgehead atoms. The lowest BCUT2D eigenvalue weighted by Crippen LogP contribution is -2.48. The second kappa shape index (κ2) is 10.2. The van der Waals surface area contributed by atoms with Crippen LogP contribution >= 0.6 is 12.2 Å². The van der Waals surface area contributed by atoms with Gasteiger partial charge >= 0.3 is 0 Å². The first-order valence-electron chi connectivity index (χ1n) is 9.90. The predicted octanol–water partition coefficient (Wildman–Crippen LogP) is 3.53. The van der Waals surface area contributed by atoms with E-state index in [4.69, 9.17) is 12.2 Å². The molecule has 7 nitrogen and oxygen atoms in total. The molecule has 0 aliphatic heterocycles. The van der Waals surface area contributed by atoms with Crippen LogP contribution in [0.15, 0.2) is 48.5 Å². The van der Waals surface area contributed by atoms with E-state index in [0.29, 0.717) is 16.8 Å². The zero-order valence-corrected chi connectivity index (χ0v) is 19.1. The summed E-state index contributed by atoms with van der Waals surface area (Å²) < 4.78 is 0. The van der Waals surface area contributed by atoms with Crippen LogP contribution in [0.4, 0.5) is 5.69 Å². The van der Waals surface area contributed by atoms with E-state index in [1.165, 1.54) is 0 Å². The topological polar surface area (TPSA) is 99.3 Å². The Kier molecular flexibility index (Phi) is 7.88. The maximum Gasteiger partial charge on any atom is 0.269 e. The Hall–Kier alpha value is -3.26. The third kappa shape index (κ3) is 7.18. The second-order valence-corrected chi connectivity index (χ2v) is 8.82. The number of benzene rings is 2. The molecule has 0 aliphatic carbocycles. The molecule has 3 amide bonds. The lowest BCUT2D eigenvalue weighted by atomic mass is 9.87. The molecule has 0 unspecified atom stereocenters. The molecule has 0 heterocycles. The third-order valence-electron chi connectivity index (χ3n) is 4.47. The van der Waals surface area contributed by atoms with Crippen LogP contribution in [0.3, 0.4) is 0 Å². The highest BCUT2D eigenvalue weighted by atomic mass is 32.1. The summed E-state index contributed by atoms with van der Waals surface area (Å²) in [7, 11) is 0. The Morgan fingerprint density at radius 3 is 1.84 bits per heavy atom. The first-order chi connectivity index (χ1) is 14.5. The van der Waals surface area contributed by atoms with Crippen LogP contribution in [0.1, 0.15) is 60.9 Å². The van der Waals surface area contributed by atoms with Gasteiger partial charge in [0.15, 0.2) is 5.11 Å². The summed E-state index contributed by atoms with van der Waals surface area (Å²) in [4.78, 5) is 36.3. The Morgan fingerprint density at radius 2 is 1.32 bits per heavy atom. The Morgan fingerprint density at radius 1 is 0.806 bits per heavy atom. The molecule has 0 radical (unpaired) electrons. The van der Waals surface area contributed by atoms with E-state index in [2.05, 4.69) is 42.3 Å². The van der Waals surface area contributed by atoms with Gasteiger partial charge in [-0.15, -0.1) is 0 Å². The van der Waals surface area contributed by atoms with Crippen LogP contribution in [0.5, 0.6) is 0 Å². The third-order valence-corrected chi connectivity index (χ3v) is 4.67. The van der Waals surface area contributed by atoms with Gasteiger partial charge in [0.25, 0.3) is 11.8 Å². The van der Waals surface area contributed by atoms with Crippen molar-refractivity contribution in [3.05, 3.63) is 65.2 Å². The summed E-state index contributed by atoms with van der Waals surface area (Å²) in [6, 6.07) is 13.7. The number of rotatable bonds is 4. The molecule has 8 heteroatoms. The van der Waals surface area contributed by atoms with Crippen LogP contribution < -0.4 is 21.5 Å². The van der Waals surface area contributed by atoms with Crippen molar-refractivity contribution in [1.82, 2.24) is 16.2 Å². The normalized spacial score (nSPS) is 10.9. The van der Waals surface area contributed by atoms with Gasteiger partial charge in [0, 0.05) is 22.7 Å². The van der Waals surface area contributed by atoms with Gasteiger partial charge in [0.05, 0.1) is 0 Å². The molecule has 0 aliphatic rings. The van der Waals surface area contributed by atoms with Gasteiger partial charge in [-0.25, -0.2) is 0 Å². The van der Waals surface area contributed by atoms with Crippen molar-refractivity contribution in [1.29, 1.82) is 0 Å². The average Bonchev–Trinajstić information content (AvgIpc) is 2.71. The predicted molar refractivity (Wildman–Crippen MR) is 126 cm³/mol. The van der Waals surface area contributed by atoms with Crippen molar-refractivity contribution < 1.29 is 14.4 Å². The number of anilines is 1. The molecule has 0 atom stereocenters. The van der Waals surface area contributed by atoms with Crippen LogP contribution in [0.2, 0.25) is 0 Å². The summed E-state index contributed by atoms with van der Waals surface area (Å²) in [5.41, 5.74) is 7.48. The molecule has 164 valence electrons. The van der Waals surface area contributed by atoms with Crippen molar-refractivity contribution in [3.63, 3.8) is 0 Å². The fourth-order valence-electron chi connectivity index (χ4n) is 2.51. The number of nitrogens with one attached hydrogen (secondary N) is 4. The number of carbonyl (C=O) groups is 3. The molecule has 0 fully saturated rings. The van der Waals surface area contributed by atoms with Crippen LogP contribution in [0, 0.1) is 5.92 Å². The van der Waals surface area contributed by atoms with E-state index in [-0.39, 0.29) is 28.3 Å². The Labute approximate surface area is 188 Å².